The molecular formula is C16H26N3O+. The lowest BCUT2D eigenvalue weighted by Crippen LogP contribution is -2.30. The Bertz CT molecular complexity index is 445. The zero-order valence-electron chi connectivity index (χ0n) is 12.9. The molecule has 0 aromatic carbocycles. The quantitative estimate of drug-likeness (QED) is 0.443. The second kappa shape index (κ2) is 9.23. The van der Waals surface area contributed by atoms with Crippen LogP contribution in [-0.2, 0) is 7.05 Å². The van der Waals surface area contributed by atoms with E-state index in [1.165, 1.54) is 0 Å². The van der Waals surface area contributed by atoms with Crippen LogP contribution >= 0.6 is 0 Å². The van der Waals surface area contributed by atoms with Gasteiger partial charge in [0.25, 0.3) is 5.91 Å². The lowest BCUT2D eigenvalue weighted by atomic mass is 10.1. The molecule has 1 N–H and O–H groups in total. The average Bonchev–Trinajstić information content (AvgIpc) is 2.46. The Morgan fingerprint density at radius 3 is 2.45 bits per heavy atom. The van der Waals surface area contributed by atoms with Crippen molar-refractivity contribution in [1.82, 2.24) is 5.43 Å². The summed E-state index contributed by atoms with van der Waals surface area (Å²) in [7, 11) is 1.90. The molecule has 0 aliphatic rings. The van der Waals surface area contributed by atoms with Gasteiger partial charge >= 0.3 is 0 Å². The van der Waals surface area contributed by atoms with Crippen LogP contribution in [0.15, 0.2) is 29.6 Å². The molecule has 0 unspecified atom stereocenters. The summed E-state index contributed by atoms with van der Waals surface area (Å²) < 4.78 is 1.85. The predicted molar refractivity (Wildman–Crippen MR) is 81.6 cm³/mol. The topological polar surface area (TPSA) is 45.3 Å². The molecule has 0 fully saturated rings. The average molecular weight is 276 g/mol. The van der Waals surface area contributed by atoms with Gasteiger partial charge in [-0.05, 0) is 31.7 Å². The number of aryl methyl sites for hydroxylation is 1. The number of hydrogen-bond acceptors (Lipinski definition) is 2. The van der Waals surface area contributed by atoms with E-state index in [1.807, 2.05) is 23.9 Å². The number of nitrogens with one attached hydrogen (secondary N) is 1. The van der Waals surface area contributed by atoms with Gasteiger partial charge in [-0.1, -0.05) is 26.7 Å². The Hall–Kier alpha value is -1.71. The van der Waals surface area contributed by atoms with Crippen molar-refractivity contribution in [3.8, 4) is 0 Å². The maximum Gasteiger partial charge on any atom is 0.277 e. The smallest absolute Gasteiger partial charge is 0.267 e. The molecule has 0 atom stereocenters. The summed E-state index contributed by atoms with van der Waals surface area (Å²) in [6.45, 7) is 4.33. The molecule has 1 heterocycles. The number of carbonyl (C=O) groups is 1. The molecule has 4 nitrogen and oxygen atoms in total. The molecule has 0 aliphatic heterocycles. The standard InChI is InChI=1S/C16H25N3O/c1-4-6-10-15(11-7-5-2)17-18-16(20)14-9-8-12-19(3)13-14/h8-9,12-13H,4-7,10-11H2,1-3H3/p+1. The fraction of sp³-hybridized carbons (Fsp3) is 0.562. The SMILES string of the molecule is CCCCC(CCCC)=NNC(=O)c1ccc[n+](C)c1. The summed E-state index contributed by atoms with van der Waals surface area (Å²) in [6, 6.07) is 3.65. The van der Waals surface area contributed by atoms with Crippen LogP contribution in [0.2, 0.25) is 0 Å². The van der Waals surface area contributed by atoms with E-state index in [-0.39, 0.29) is 5.91 Å². The molecule has 1 amide bonds. The van der Waals surface area contributed by atoms with Crippen molar-refractivity contribution in [3.63, 3.8) is 0 Å². The van der Waals surface area contributed by atoms with E-state index in [1.54, 1.807) is 12.3 Å². The van der Waals surface area contributed by atoms with Crippen LogP contribution in [0.1, 0.15) is 62.7 Å². The van der Waals surface area contributed by atoms with Crippen molar-refractivity contribution in [2.45, 2.75) is 52.4 Å². The Morgan fingerprint density at radius 1 is 1.25 bits per heavy atom. The first-order valence-corrected chi connectivity index (χ1v) is 7.48. The van der Waals surface area contributed by atoms with E-state index in [0.29, 0.717) is 5.56 Å². The van der Waals surface area contributed by atoms with Gasteiger partial charge < -0.3 is 0 Å². The summed E-state index contributed by atoms with van der Waals surface area (Å²) in [5.74, 6) is -0.147. The number of aromatic nitrogens is 1. The number of nitrogens with zero attached hydrogens (tertiary/aromatic N) is 2. The monoisotopic (exact) mass is 276 g/mol. The molecule has 0 bridgehead atoms. The van der Waals surface area contributed by atoms with Gasteiger partial charge in [0.15, 0.2) is 12.4 Å². The lowest BCUT2D eigenvalue weighted by molar-refractivity contribution is -0.671. The molecule has 1 aromatic heterocycles. The number of carbonyl (C=O) groups excluding carboxylic acids is 1. The van der Waals surface area contributed by atoms with Crippen molar-refractivity contribution in [3.05, 3.63) is 30.1 Å². The summed E-state index contributed by atoms with van der Waals surface area (Å²) in [6.07, 6.45) is 10.2. The number of rotatable bonds is 8. The van der Waals surface area contributed by atoms with Gasteiger partial charge in [0, 0.05) is 11.8 Å². The fourth-order valence-electron chi connectivity index (χ4n) is 1.92. The molecule has 4 heteroatoms. The Labute approximate surface area is 121 Å². The van der Waals surface area contributed by atoms with Gasteiger partial charge in [0.1, 0.15) is 12.6 Å². The summed E-state index contributed by atoms with van der Waals surface area (Å²) in [5.41, 5.74) is 4.41. The van der Waals surface area contributed by atoms with Crippen LogP contribution < -0.4 is 9.99 Å². The molecular weight excluding hydrogens is 250 g/mol. The third kappa shape index (κ3) is 5.95. The predicted octanol–water partition coefficient (Wildman–Crippen LogP) is 2.98. The number of hydrogen-bond donors (Lipinski definition) is 1. The summed E-state index contributed by atoms with van der Waals surface area (Å²) in [4.78, 5) is 12.0. The number of amides is 1. The molecule has 0 saturated heterocycles. The fourth-order valence-corrected chi connectivity index (χ4v) is 1.92. The van der Waals surface area contributed by atoms with Gasteiger partial charge in [-0.2, -0.15) is 5.10 Å². The van der Waals surface area contributed by atoms with E-state index >= 15 is 0 Å². The first-order valence-electron chi connectivity index (χ1n) is 7.48. The molecule has 110 valence electrons. The largest absolute Gasteiger partial charge is 0.277 e. The number of hydrazone groups is 1. The first-order chi connectivity index (χ1) is 9.67. The highest BCUT2D eigenvalue weighted by Gasteiger charge is 2.08. The first kappa shape index (κ1) is 16.3. The van der Waals surface area contributed by atoms with E-state index < -0.39 is 0 Å². The van der Waals surface area contributed by atoms with Crippen LogP contribution in [0.25, 0.3) is 0 Å². The van der Waals surface area contributed by atoms with Crippen LogP contribution in [0.3, 0.4) is 0 Å². The highest BCUT2D eigenvalue weighted by atomic mass is 16.2. The number of pyridine rings is 1. The van der Waals surface area contributed by atoms with Crippen LogP contribution in [0.4, 0.5) is 0 Å². The maximum atomic E-state index is 12.0. The van der Waals surface area contributed by atoms with Gasteiger partial charge in [0.05, 0.1) is 0 Å². The minimum atomic E-state index is -0.147. The van der Waals surface area contributed by atoms with Gasteiger partial charge in [0.2, 0.25) is 0 Å². The minimum Gasteiger partial charge on any atom is -0.267 e. The van der Waals surface area contributed by atoms with Crippen LogP contribution in [0, 0.1) is 0 Å². The van der Waals surface area contributed by atoms with E-state index in [2.05, 4.69) is 24.4 Å². The van der Waals surface area contributed by atoms with Crippen LogP contribution in [-0.4, -0.2) is 11.6 Å². The molecule has 0 spiro atoms. The minimum absolute atomic E-state index is 0.147. The molecule has 1 rings (SSSR count). The normalized spacial score (nSPS) is 10.2. The lowest BCUT2D eigenvalue weighted by Gasteiger charge is -2.06. The molecule has 0 saturated carbocycles. The second-order valence-corrected chi connectivity index (χ2v) is 5.08. The zero-order valence-corrected chi connectivity index (χ0v) is 12.9. The van der Waals surface area contributed by atoms with Gasteiger partial charge in [-0.15, -0.1) is 0 Å². The Morgan fingerprint density at radius 2 is 1.90 bits per heavy atom. The maximum absolute atomic E-state index is 12.0. The van der Waals surface area contributed by atoms with E-state index in [0.717, 1.165) is 44.2 Å². The van der Waals surface area contributed by atoms with E-state index in [4.69, 9.17) is 0 Å². The Kier molecular flexibility index (Phi) is 7.55. The molecule has 1 aromatic rings. The second-order valence-electron chi connectivity index (χ2n) is 5.08. The van der Waals surface area contributed by atoms with Crippen molar-refractivity contribution in [1.29, 1.82) is 0 Å². The van der Waals surface area contributed by atoms with Gasteiger partial charge in [-0.3, -0.25) is 4.79 Å². The van der Waals surface area contributed by atoms with Crippen molar-refractivity contribution >= 4 is 11.6 Å². The third-order valence-electron chi connectivity index (χ3n) is 3.16. The van der Waals surface area contributed by atoms with Crippen molar-refractivity contribution in [2.75, 3.05) is 0 Å². The Balaban J connectivity index is 2.62. The number of unbranched alkanes of at least 4 members (excludes halogenated alkanes) is 2. The third-order valence-corrected chi connectivity index (χ3v) is 3.16. The van der Waals surface area contributed by atoms with E-state index in [9.17, 15) is 4.79 Å². The van der Waals surface area contributed by atoms with Crippen molar-refractivity contribution < 1.29 is 9.36 Å². The molecule has 0 radical (unpaired) electrons. The van der Waals surface area contributed by atoms with Gasteiger partial charge in [-0.25, -0.2) is 9.99 Å². The highest BCUT2D eigenvalue weighted by molar-refractivity contribution is 5.95. The summed E-state index contributed by atoms with van der Waals surface area (Å²) in [5, 5.41) is 4.31. The molecule has 0 aliphatic carbocycles. The zero-order chi connectivity index (χ0) is 14.8. The van der Waals surface area contributed by atoms with Crippen molar-refractivity contribution in [2.24, 2.45) is 12.1 Å². The highest BCUT2D eigenvalue weighted by Crippen LogP contribution is 2.05. The summed E-state index contributed by atoms with van der Waals surface area (Å²) >= 11 is 0. The van der Waals surface area contributed by atoms with Crippen LogP contribution in [0.5, 0.6) is 0 Å². The molecule has 20 heavy (non-hydrogen) atoms.